The van der Waals surface area contributed by atoms with Gasteiger partial charge in [-0.15, -0.1) is 0 Å². The first-order valence-corrected chi connectivity index (χ1v) is 13.1. The normalized spacial score (nSPS) is 15.0. The van der Waals surface area contributed by atoms with Crippen molar-refractivity contribution >= 4 is 23.0 Å². The number of hydrogen-bond acceptors (Lipinski definition) is 5. The predicted molar refractivity (Wildman–Crippen MR) is 101 cm³/mol. The van der Waals surface area contributed by atoms with E-state index in [0.29, 0.717) is 5.57 Å². The first kappa shape index (κ1) is 23.5. The Bertz CT molecular complexity index is 399. The van der Waals surface area contributed by atoms with Crippen LogP contribution >= 0.6 is 0 Å². The largest absolute Gasteiger partial charge is 0.397 e. The van der Waals surface area contributed by atoms with Gasteiger partial charge in [0, 0.05) is 34.0 Å². The van der Waals surface area contributed by atoms with Crippen LogP contribution in [-0.2, 0) is 22.5 Å². The van der Waals surface area contributed by atoms with Crippen molar-refractivity contribution in [2.45, 2.75) is 58.0 Å². The maximum Gasteiger partial charge on any atom is 0.357 e. The number of carbonyl (C=O) groups is 1. The third-order valence-electron chi connectivity index (χ3n) is 4.88. The molecule has 0 aromatic heterocycles. The van der Waals surface area contributed by atoms with Gasteiger partial charge in [0.15, 0.2) is 0 Å². The standard InChI is InChI=1S/C16H35NO5Si2/c1-11-14(23(9,19-5)20-6)17(16(18)13(3)4)15(12-2)24(10,21-7)22-8/h14-15H,3,11-12H2,1-2,4-10H3. The second kappa shape index (κ2) is 9.83. The van der Waals surface area contributed by atoms with Crippen molar-refractivity contribution in [3.05, 3.63) is 12.2 Å². The number of hydrogen-bond donors (Lipinski definition) is 0. The van der Waals surface area contributed by atoms with Crippen LogP contribution in [0.1, 0.15) is 33.6 Å². The van der Waals surface area contributed by atoms with Gasteiger partial charge in [-0.05, 0) is 32.9 Å². The van der Waals surface area contributed by atoms with Gasteiger partial charge in [0.25, 0.3) is 0 Å². The Hall–Kier alpha value is -0.516. The number of amides is 1. The highest BCUT2D eigenvalue weighted by Crippen LogP contribution is 2.29. The van der Waals surface area contributed by atoms with E-state index in [4.69, 9.17) is 17.7 Å². The van der Waals surface area contributed by atoms with Crippen LogP contribution in [0.5, 0.6) is 0 Å². The molecule has 0 aliphatic carbocycles. The van der Waals surface area contributed by atoms with Gasteiger partial charge in [-0.3, -0.25) is 4.79 Å². The first-order valence-electron chi connectivity index (χ1n) is 8.31. The molecule has 142 valence electrons. The molecule has 0 spiro atoms. The quantitative estimate of drug-likeness (QED) is 0.409. The maximum atomic E-state index is 13.0. The van der Waals surface area contributed by atoms with E-state index in [9.17, 15) is 4.79 Å². The molecule has 0 bridgehead atoms. The Labute approximate surface area is 149 Å². The van der Waals surface area contributed by atoms with Crippen molar-refractivity contribution in [3.8, 4) is 0 Å². The Balaban J connectivity index is 6.26. The second-order valence-electron chi connectivity index (χ2n) is 6.19. The van der Waals surface area contributed by atoms with Crippen LogP contribution in [0.25, 0.3) is 0 Å². The Morgan fingerprint density at radius 3 is 1.38 bits per heavy atom. The molecule has 2 unspecified atom stereocenters. The Morgan fingerprint density at radius 2 is 1.21 bits per heavy atom. The van der Waals surface area contributed by atoms with Crippen LogP contribution in [0.15, 0.2) is 12.2 Å². The van der Waals surface area contributed by atoms with Gasteiger partial charge in [-0.1, -0.05) is 20.4 Å². The first-order chi connectivity index (χ1) is 11.1. The van der Waals surface area contributed by atoms with Gasteiger partial charge in [-0.2, -0.15) is 0 Å². The monoisotopic (exact) mass is 377 g/mol. The van der Waals surface area contributed by atoms with Crippen LogP contribution < -0.4 is 0 Å². The lowest BCUT2D eigenvalue weighted by molar-refractivity contribution is -0.130. The molecule has 24 heavy (non-hydrogen) atoms. The minimum atomic E-state index is -2.61. The molecule has 0 radical (unpaired) electrons. The predicted octanol–water partition coefficient (Wildman–Crippen LogP) is 2.76. The minimum absolute atomic E-state index is 0.102. The molecule has 6 nitrogen and oxygen atoms in total. The molecule has 0 heterocycles. The summed E-state index contributed by atoms with van der Waals surface area (Å²) in [4.78, 5) is 14.9. The number of carbonyl (C=O) groups excluding carboxylic acids is 1. The molecule has 0 N–H and O–H groups in total. The van der Waals surface area contributed by atoms with Crippen molar-refractivity contribution in [1.82, 2.24) is 4.90 Å². The summed E-state index contributed by atoms with van der Waals surface area (Å²) in [7, 11) is 1.37. The molecule has 0 aliphatic rings. The van der Waals surface area contributed by atoms with E-state index in [1.807, 2.05) is 31.8 Å². The van der Waals surface area contributed by atoms with Gasteiger partial charge in [-0.25, -0.2) is 0 Å². The Morgan fingerprint density at radius 1 is 0.917 bits per heavy atom. The molecule has 8 heteroatoms. The topological polar surface area (TPSA) is 57.2 Å². The molecule has 2 atom stereocenters. The molecule has 0 aromatic rings. The van der Waals surface area contributed by atoms with E-state index in [1.165, 1.54) is 0 Å². The third-order valence-corrected chi connectivity index (χ3v) is 11.9. The number of rotatable bonds is 11. The lowest BCUT2D eigenvalue weighted by atomic mass is 10.2. The van der Waals surface area contributed by atoms with E-state index in [2.05, 4.69) is 6.58 Å². The second-order valence-corrected chi connectivity index (χ2v) is 13.2. The fourth-order valence-corrected chi connectivity index (χ4v) is 7.73. The van der Waals surface area contributed by atoms with Crippen LogP contribution in [-0.4, -0.2) is 67.7 Å². The third kappa shape index (κ3) is 4.77. The van der Waals surface area contributed by atoms with Crippen LogP contribution in [0.2, 0.25) is 13.1 Å². The minimum Gasteiger partial charge on any atom is -0.397 e. The SMILES string of the molecule is C=C(C)C(=O)N(C(CC)[Si](C)(OC)OC)C(CC)[Si](C)(OC)OC. The molecule has 0 aromatic carbocycles. The van der Waals surface area contributed by atoms with E-state index < -0.39 is 17.1 Å². The van der Waals surface area contributed by atoms with E-state index in [-0.39, 0.29) is 17.2 Å². The van der Waals surface area contributed by atoms with Gasteiger partial charge >= 0.3 is 17.1 Å². The Kier molecular flexibility index (Phi) is 9.62. The van der Waals surface area contributed by atoms with Crippen LogP contribution in [0, 0.1) is 0 Å². The fourth-order valence-electron chi connectivity index (χ4n) is 3.07. The zero-order valence-electron chi connectivity index (χ0n) is 16.8. The van der Waals surface area contributed by atoms with Gasteiger partial charge in [0.05, 0.1) is 11.3 Å². The van der Waals surface area contributed by atoms with Gasteiger partial charge < -0.3 is 22.6 Å². The number of nitrogens with zero attached hydrogens (tertiary/aromatic N) is 1. The summed E-state index contributed by atoms with van der Waals surface area (Å²) in [5.74, 6) is -0.102. The smallest absolute Gasteiger partial charge is 0.357 e. The molecule has 0 saturated heterocycles. The lowest BCUT2D eigenvalue weighted by Gasteiger charge is -2.47. The highest BCUT2D eigenvalue weighted by molar-refractivity contribution is 6.70. The average Bonchev–Trinajstić information content (AvgIpc) is 2.59. The van der Waals surface area contributed by atoms with Crippen LogP contribution in [0.4, 0.5) is 0 Å². The molecular weight excluding hydrogens is 342 g/mol. The summed E-state index contributed by atoms with van der Waals surface area (Å²) >= 11 is 0. The lowest BCUT2D eigenvalue weighted by Crippen LogP contribution is -2.68. The van der Waals surface area contributed by atoms with Crippen molar-refractivity contribution in [2.24, 2.45) is 0 Å². The van der Waals surface area contributed by atoms with Crippen molar-refractivity contribution in [3.63, 3.8) is 0 Å². The maximum absolute atomic E-state index is 13.0. The van der Waals surface area contributed by atoms with Crippen molar-refractivity contribution < 1.29 is 22.5 Å². The molecule has 0 rings (SSSR count). The zero-order chi connectivity index (χ0) is 19.1. The zero-order valence-corrected chi connectivity index (χ0v) is 18.8. The summed E-state index contributed by atoms with van der Waals surface area (Å²) in [5.41, 5.74) is 0.150. The van der Waals surface area contributed by atoms with E-state index >= 15 is 0 Å². The summed E-state index contributed by atoms with van der Waals surface area (Å²) in [6.07, 6.45) is 1.44. The van der Waals surface area contributed by atoms with Gasteiger partial charge in [0.1, 0.15) is 0 Å². The summed E-state index contributed by atoms with van der Waals surface area (Å²) in [6.45, 7) is 13.6. The molecule has 0 fully saturated rings. The summed E-state index contributed by atoms with van der Waals surface area (Å²) < 4.78 is 23.0. The highest BCUT2D eigenvalue weighted by atomic mass is 28.4. The molecule has 0 saturated carbocycles. The average molecular weight is 378 g/mol. The molecule has 0 aliphatic heterocycles. The van der Waals surface area contributed by atoms with Crippen LogP contribution in [0.3, 0.4) is 0 Å². The van der Waals surface area contributed by atoms with E-state index in [0.717, 1.165) is 12.8 Å². The fraction of sp³-hybridized carbons (Fsp3) is 0.812. The van der Waals surface area contributed by atoms with E-state index in [1.54, 1.807) is 35.4 Å². The highest BCUT2D eigenvalue weighted by Gasteiger charge is 2.52. The summed E-state index contributed by atoms with van der Waals surface area (Å²) in [6, 6.07) is 0. The van der Waals surface area contributed by atoms with Crippen molar-refractivity contribution in [1.29, 1.82) is 0 Å². The van der Waals surface area contributed by atoms with Crippen molar-refractivity contribution in [2.75, 3.05) is 28.4 Å². The van der Waals surface area contributed by atoms with Gasteiger partial charge in [0.2, 0.25) is 5.91 Å². The molecule has 1 amide bonds. The summed E-state index contributed by atoms with van der Waals surface area (Å²) in [5, 5.41) is 0. The molecular formula is C16H35NO5Si2.